The van der Waals surface area contributed by atoms with Crippen LogP contribution in [0.2, 0.25) is 0 Å². The number of unbranched alkanes of at least 4 members (excludes halogenated alkanes) is 10. The molecule has 1 rings (SSSR count). The van der Waals surface area contributed by atoms with Crippen molar-refractivity contribution in [3.8, 4) is 0 Å². The number of hydrogen-bond donors (Lipinski definition) is 1. The zero-order valence-corrected chi connectivity index (χ0v) is 15.7. The summed E-state index contributed by atoms with van der Waals surface area (Å²) in [4.78, 5) is 0. The quantitative estimate of drug-likeness (QED) is 0.360. The number of thioether (sulfide) groups is 1. The zero-order chi connectivity index (χ0) is 16.4. The fourth-order valence-corrected chi connectivity index (χ4v) is 3.68. The Kier molecular flexibility index (Phi) is 14.7. The van der Waals surface area contributed by atoms with E-state index in [0.717, 1.165) is 5.75 Å². The van der Waals surface area contributed by atoms with E-state index in [9.17, 15) is 0 Å². The molecular formula is C21H36OS. The van der Waals surface area contributed by atoms with Crippen molar-refractivity contribution in [1.82, 2.24) is 0 Å². The first-order valence-electron chi connectivity index (χ1n) is 9.66. The Balaban J connectivity index is 1.72. The van der Waals surface area contributed by atoms with Crippen LogP contribution in [-0.2, 0) is 6.42 Å². The lowest BCUT2D eigenvalue weighted by Gasteiger charge is -2.04. The highest BCUT2D eigenvalue weighted by atomic mass is 32.2. The summed E-state index contributed by atoms with van der Waals surface area (Å²) in [5.74, 6) is 2.13. The van der Waals surface area contributed by atoms with Crippen LogP contribution in [0.25, 0.3) is 0 Å². The Bertz CT molecular complexity index is 339. The van der Waals surface area contributed by atoms with Crippen molar-refractivity contribution in [3.05, 3.63) is 35.9 Å². The topological polar surface area (TPSA) is 20.2 Å². The van der Waals surface area contributed by atoms with Crippen molar-refractivity contribution in [2.45, 2.75) is 77.0 Å². The fraction of sp³-hybridized carbons (Fsp3) is 0.714. The summed E-state index contributed by atoms with van der Waals surface area (Å²) < 4.78 is 0. The van der Waals surface area contributed by atoms with Crippen LogP contribution in [0.1, 0.15) is 76.2 Å². The second kappa shape index (κ2) is 16.4. The summed E-state index contributed by atoms with van der Waals surface area (Å²) in [7, 11) is 0. The summed E-state index contributed by atoms with van der Waals surface area (Å²) in [6.07, 6.45) is 16.6. The number of aliphatic hydroxyl groups is 1. The lowest BCUT2D eigenvalue weighted by molar-refractivity contribution is 0.322. The van der Waals surface area contributed by atoms with Crippen molar-refractivity contribution >= 4 is 11.8 Å². The van der Waals surface area contributed by atoms with Crippen molar-refractivity contribution in [2.24, 2.45) is 0 Å². The largest absolute Gasteiger partial charge is 0.396 e. The second-order valence-corrected chi connectivity index (χ2v) is 7.69. The summed E-state index contributed by atoms with van der Waals surface area (Å²) in [5.41, 5.74) is 1.49. The van der Waals surface area contributed by atoms with Crippen molar-refractivity contribution < 1.29 is 5.11 Å². The Morgan fingerprint density at radius 2 is 1.13 bits per heavy atom. The van der Waals surface area contributed by atoms with Gasteiger partial charge in [0.15, 0.2) is 0 Å². The first-order valence-corrected chi connectivity index (χ1v) is 10.8. The monoisotopic (exact) mass is 336 g/mol. The van der Waals surface area contributed by atoms with Gasteiger partial charge in [0.25, 0.3) is 0 Å². The van der Waals surface area contributed by atoms with Gasteiger partial charge in [0.2, 0.25) is 0 Å². The molecule has 0 unspecified atom stereocenters. The third-order valence-corrected chi connectivity index (χ3v) is 5.38. The third-order valence-electron chi connectivity index (χ3n) is 4.33. The van der Waals surface area contributed by atoms with Crippen molar-refractivity contribution in [2.75, 3.05) is 18.1 Å². The molecule has 0 spiro atoms. The first kappa shape index (κ1) is 20.6. The van der Waals surface area contributed by atoms with Gasteiger partial charge in [-0.15, -0.1) is 0 Å². The number of benzene rings is 1. The van der Waals surface area contributed by atoms with E-state index < -0.39 is 0 Å². The van der Waals surface area contributed by atoms with E-state index >= 15 is 0 Å². The van der Waals surface area contributed by atoms with Crippen molar-refractivity contribution in [3.63, 3.8) is 0 Å². The predicted molar refractivity (Wildman–Crippen MR) is 105 cm³/mol. The van der Waals surface area contributed by atoms with Gasteiger partial charge in [-0.3, -0.25) is 0 Å². The Labute approximate surface area is 148 Å². The fourth-order valence-electron chi connectivity index (χ4n) is 2.94. The van der Waals surface area contributed by atoms with E-state index in [1.165, 1.54) is 88.4 Å². The van der Waals surface area contributed by atoms with Gasteiger partial charge < -0.3 is 5.11 Å². The molecule has 1 aromatic rings. The lowest BCUT2D eigenvalue weighted by Crippen LogP contribution is -1.89. The molecule has 0 fully saturated rings. The lowest BCUT2D eigenvalue weighted by atomic mass is 10.0. The maximum atomic E-state index is 8.69. The minimum Gasteiger partial charge on any atom is -0.396 e. The van der Waals surface area contributed by atoms with E-state index in [1.807, 2.05) is 11.8 Å². The predicted octanol–water partition coefficient (Wildman–Crippen LogP) is 6.25. The molecule has 0 heterocycles. The third kappa shape index (κ3) is 13.6. The van der Waals surface area contributed by atoms with E-state index in [2.05, 4.69) is 30.3 Å². The highest BCUT2D eigenvalue weighted by Gasteiger charge is 1.95. The Hall–Kier alpha value is -0.470. The highest BCUT2D eigenvalue weighted by molar-refractivity contribution is 7.99. The van der Waals surface area contributed by atoms with Gasteiger partial charge in [0.1, 0.15) is 0 Å². The molecule has 0 aliphatic heterocycles. The second-order valence-electron chi connectivity index (χ2n) is 6.46. The zero-order valence-electron chi connectivity index (χ0n) is 14.8. The smallest absolute Gasteiger partial charge is 0.0521 e. The Morgan fingerprint density at radius 3 is 1.70 bits per heavy atom. The van der Waals surface area contributed by atoms with Gasteiger partial charge in [0, 0.05) is 5.75 Å². The standard InChI is InChI=1S/C21H36OS/c22-18-20-23-19-14-9-7-5-3-1-2-4-6-8-11-15-21-16-12-10-13-17-21/h10,12-13,16-17,22H,1-9,11,14-15,18-20H2. The van der Waals surface area contributed by atoms with E-state index in [0.29, 0.717) is 6.61 Å². The first-order chi connectivity index (χ1) is 11.4. The van der Waals surface area contributed by atoms with Crippen LogP contribution in [0.3, 0.4) is 0 Å². The van der Waals surface area contributed by atoms with Gasteiger partial charge in [-0.05, 0) is 30.6 Å². The minimum absolute atomic E-state index is 0.330. The summed E-state index contributed by atoms with van der Waals surface area (Å²) in [5, 5.41) is 8.69. The van der Waals surface area contributed by atoms with Gasteiger partial charge in [0.05, 0.1) is 6.61 Å². The average molecular weight is 337 g/mol. The molecule has 2 heteroatoms. The van der Waals surface area contributed by atoms with Gasteiger partial charge in [-0.1, -0.05) is 88.1 Å². The number of aryl methyl sites for hydroxylation is 1. The molecule has 0 amide bonds. The molecule has 0 atom stereocenters. The molecule has 23 heavy (non-hydrogen) atoms. The van der Waals surface area contributed by atoms with Gasteiger partial charge in [-0.2, -0.15) is 11.8 Å². The van der Waals surface area contributed by atoms with E-state index in [4.69, 9.17) is 5.11 Å². The maximum Gasteiger partial charge on any atom is 0.0521 e. The molecule has 1 N–H and O–H groups in total. The SMILES string of the molecule is OCCSCCCCCCCCCCCCCc1ccccc1. The molecule has 132 valence electrons. The van der Waals surface area contributed by atoms with Crippen LogP contribution >= 0.6 is 11.8 Å². The van der Waals surface area contributed by atoms with Crippen LogP contribution in [0, 0.1) is 0 Å². The molecule has 0 aromatic heterocycles. The van der Waals surface area contributed by atoms with Crippen LogP contribution in [0.4, 0.5) is 0 Å². The number of rotatable bonds is 16. The summed E-state index contributed by atoms with van der Waals surface area (Å²) in [6, 6.07) is 10.9. The van der Waals surface area contributed by atoms with Crippen LogP contribution in [0.5, 0.6) is 0 Å². The van der Waals surface area contributed by atoms with E-state index in [1.54, 1.807) is 0 Å². The van der Waals surface area contributed by atoms with Crippen LogP contribution < -0.4 is 0 Å². The molecule has 0 aliphatic rings. The van der Waals surface area contributed by atoms with Gasteiger partial charge in [-0.25, -0.2) is 0 Å². The number of hydrogen-bond acceptors (Lipinski definition) is 2. The average Bonchev–Trinajstić information content (AvgIpc) is 2.59. The molecule has 1 aromatic carbocycles. The van der Waals surface area contributed by atoms with Crippen molar-refractivity contribution in [1.29, 1.82) is 0 Å². The normalized spacial score (nSPS) is 11.0. The summed E-state index contributed by atoms with van der Waals surface area (Å²) >= 11 is 1.88. The summed E-state index contributed by atoms with van der Waals surface area (Å²) in [6.45, 7) is 0.330. The Morgan fingerprint density at radius 1 is 0.609 bits per heavy atom. The molecule has 0 saturated heterocycles. The number of aliphatic hydroxyl groups excluding tert-OH is 1. The van der Waals surface area contributed by atoms with E-state index in [-0.39, 0.29) is 0 Å². The minimum atomic E-state index is 0.330. The van der Waals surface area contributed by atoms with Crippen LogP contribution in [0.15, 0.2) is 30.3 Å². The van der Waals surface area contributed by atoms with Gasteiger partial charge >= 0.3 is 0 Å². The molecular weight excluding hydrogens is 300 g/mol. The molecule has 0 bridgehead atoms. The van der Waals surface area contributed by atoms with Crippen LogP contribution in [-0.4, -0.2) is 23.2 Å². The maximum absolute atomic E-state index is 8.69. The molecule has 1 nitrogen and oxygen atoms in total. The molecule has 0 aliphatic carbocycles. The molecule has 0 radical (unpaired) electrons. The molecule has 0 saturated carbocycles. The highest BCUT2D eigenvalue weighted by Crippen LogP contribution is 2.13.